The SMILES string of the molecule is CN(Cc1ccccc1)c1nnc2cc(-c3cn[nH]c3)cc(O)c2n1. The fourth-order valence-electron chi connectivity index (χ4n) is 2.68. The maximum absolute atomic E-state index is 10.4. The zero-order valence-electron chi connectivity index (χ0n) is 13.6. The fraction of sp³-hybridized carbons (Fsp3) is 0.111. The minimum Gasteiger partial charge on any atom is -0.506 e. The second-order valence-electron chi connectivity index (χ2n) is 5.80. The Labute approximate surface area is 144 Å². The number of aromatic nitrogens is 5. The van der Waals surface area contributed by atoms with Gasteiger partial charge in [-0.1, -0.05) is 30.3 Å². The van der Waals surface area contributed by atoms with E-state index in [9.17, 15) is 5.11 Å². The molecule has 0 spiro atoms. The van der Waals surface area contributed by atoms with E-state index in [-0.39, 0.29) is 5.75 Å². The van der Waals surface area contributed by atoms with Crippen molar-refractivity contribution in [2.24, 2.45) is 0 Å². The minimum absolute atomic E-state index is 0.0676. The van der Waals surface area contributed by atoms with E-state index in [0.29, 0.717) is 23.5 Å². The number of rotatable bonds is 4. The molecule has 7 nitrogen and oxygen atoms in total. The average molecular weight is 332 g/mol. The first-order chi connectivity index (χ1) is 12.2. The maximum atomic E-state index is 10.4. The van der Waals surface area contributed by atoms with Gasteiger partial charge in [-0.2, -0.15) is 5.10 Å². The Balaban J connectivity index is 1.68. The number of anilines is 1. The van der Waals surface area contributed by atoms with Crippen LogP contribution in [0.3, 0.4) is 0 Å². The van der Waals surface area contributed by atoms with Crippen molar-refractivity contribution in [3.05, 3.63) is 60.4 Å². The second-order valence-corrected chi connectivity index (χ2v) is 5.80. The lowest BCUT2D eigenvalue weighted by atomic mass is 10.1. The molecule has 2 N–H and O–H groups in total. The number of H-pyrrole nitrogens is 1. The number of hydrogen-bond donors (Lipinski definition) is 2. The summed E-state index contributed by atoms with van der Waals surface area (Å²) in [5, 5.41) is 25.5. The summed E-state index contributed by atoms with van der Waals surface area (Å²) in [6.07, 6.45) is 3.44. The van der Waals surface area contributed by atoms with Crippen molar-refractivity contribution in [2.45, 2.75) is 6.54 Å². The molecular formula is C18H16N6O. The van der Waals surface area contributed by atoms with Crippen LogP contribution in [-0.2, 0) is 6.54 Å². The van der Waals surface area contributed by atoms with Crippen molar-refractivity contribution >= 4 is 17.0 Å². The van der Waals surface area contributed by atoms with Gasteiger partial charge >= 0.3 is 0 Å². The van der Waals surface area contributed by atoms with Crippen LogP contribution in [0.15, 0.2) is 54.9 Å². The van der Waals surface area contributed by atoms with Crippen LogP contribution in [0, 0.1) is 0 Å². The minimum atomic E-state index is 0.0676. The Hall–Kier alpha value is -3.48. The van der Waals surface area contributed by atoms with Gasteiger partial charge in [0.15, 0.2) is 0 Å². The van der Waals surface area contributed by atoms with Gasteiger partial charge in [-0.15, -0.1) is 10.2 Å². The molecular weight excluding hydrogens is 316 g/mol. The third-order valence-corrected chi connectivity index (χ3v) is 3.96. The summed E-state index contributed by atoms with van der Waals surface area (Å²) in [5.41, 5.74) is 3.78. The molecule has 0 saturated heterocycles. The highest BCUT2D eigenvalue weighted by atomic mass is 16.3. The molecule has 0 aliphatic heterocycles. The standard InChI is InChI=1S/C18H16N6O/c1-24(11-12-5-3-2-4-6-12)18-21-17-15(22-23-18)7-13(8-16(17)25)14-9-19-20-10-14/h2-10,25H,11H2,1H3,(H,19,20). The first-order valence-electron chi connectivity index (χ1n) is 7.82. The molecule has 4 aromatic rings. The zero-order chi connectivity index (χ0) is 17.2. The molecule has 2 heterocycles. The van der Waals surface area contributed by atoms with Crippen molar-refractivity contribution in [3.63, 3.8) is 0 Å². The molecule has 0 aliphatic rings. The lowest BCUT2D eigenvalue weighted by Crippen LogP contribution is -2.19. The summed E-state index contributed by atoms with van der Waals surface area (Å²) in [5.74, 6) is 0.528. The van der Waals surface area contributed by atoms with Gasteiger partial charge in [-0.25, -0.2) is 4.98 Å². The highest BCUT2D eigenvalue weighted by Gasteiger charge is 2.12. The number of fused-ring (bicyclic) bond motifs is 1. The van der Waals surface area contributed by atoms with Crippen molar-refractivity contribution in [1.82, 2.24) is 25.4 Å². The lowest BCUT2D eigenvalue weighted by Gasteiger charge is -2.17. The number of aromatic amines is 1. The van der Waals surface area contributed by atoms with E-state index in [4.69, 9.17) is 0 Å². The van der Waals surface area contributed by atoms with Crippen LogP contribution in [0.25, 0.3) is 22.2 Å². The largest absolute Gasteiger partial charge is 0.506 e. The molecule has 7 heteroatoms. The van der Waals surface area contributed by atoms with Crippen LogP contribution >= 0.6 is 0 Å². The van der Waals surface area contributed by atoms with Gasteiger partial charge in [-0.3, -0.25) is 5.10 Å². The monoisotopic (exact) mass is 332 g/mol. The van der Waals surface area contributed by atoms with Crippen molar-refractivity contribution in [2.75, 3.05) is 11.9 Å². The van der Waals surface area contributed by atoms with E-state index >= 15 is 0 Å². The van der Waals surface area contributed by atoms with Crippen molar-refractivity contribution in [3.8, 4) is 16.9 Å². The van der Waals surface area contributed by atoms with Crippen LogP contribution < -0.4 is 4.90 Å². The van der Waals surface area contributed by atoms with Crippen LogP contribution in [0.1, 0.15) is 5.56 Å². The third-order valence-electron chi connectivity index (χ3n) is 3.96. The van der Waals surface area contributed by atoms with E-state index < -0.39 is 0 Å². The number of phenolic OH excluding ortho intramolecular Hbond substituents is 1. The van der Waals surface area contributed by atoms with E-state index in [1.54, 1.807) is 18.5 Å². The van der Waals surface area contributed by atoms with Gasteiger partial charge in [0, 0.05) is 25.4 Å². The van der Waals surface area contributed by atoms with Gasteiger partial charge in [0.05, 0.1) is 6.20 Å². The molecule has 0 radical (unpaired) electrons. The van der Waals surface area contributed by atoms with Crippen molar-refractivity contribution < 1.29 is 5.11 Å². The molecule has 124 valence electrons. The first kappa shape index (κ1) is 15.1. The average Bonchev–Trinajstić information content (AvgIpc) is 3.17. The molecule has 0 amide bonds. The molecule has 4 rings (SSSR count). The molecule has 0 bridgehead atoms. The Morgan fingerprint density at radius 3 is 2.68 bits per heavy atom. The maximum Gasteiger partial charge on any atom is 0.246 e. The smallest absolute Gasteiger partial charge is 0.246 e. The number of benzene rings is 2. The number of nitrogens with zero attached hydrogens (tertiary/aromatic N) is 5. The molecule has 2 aromatic carbocycles. The van der Waals surface area contributed by atoms with Gasteiger partial charge < -0.3 is 10.0 Å². The molecule has 0 saturated carbocycles. The van der Waals surface area contributed by atoms with Crippen LogP contribution in [0.4, 0.5) is 5.95 Å². The highest BCUT2D eigenvalue weighted by Crippen LogP contribution is 2.29. The van der Waals surface area contributed by atoms with E-state index in [0.717, 1.165) is 16.7 Å². The summed E-state index contributed by atoms with van der Waals surface area (Å²) in [6.45, 7) is 0.655. The number of hydrogen-bond acceptors (Lipinski definition) is 6. The summed E-state index contributed by atoms with van der Waals surface area (Å²) in [6, 6.07) is 13.5. The Bertz CT molecular complexity index is 1000. The van der Waals surface area contributed by atoms with Crippen LogP contribution in [0.5, 0.6) is 5.75 Å². The third kappa shape index (κ3) is 2.99. The molecule has 0 aliphatic carbocycles. The molecule has 0 atom stereocenters. The Kier molecular flexibility index (Phi) is 3.74. The molecule has 2 aromatic heterocycles. The normalized spacial score (nSPS) is 10.9. The predicted molar refractivity (Wildman–Crippen MR) is 95.1 cm³/mol. The van der Waals surface area contributed by atoms with Crippen LogP contribution in [-0.4, -0.2) is 37.5 Å². The highest BCUT2D eigenvalue weighted by molar-refractivity contribution is 5.86. The Morgan fingerprint density at radius 2 is 1.92 bits per heavy atom. The number of aromatic hydroxyl groups is 1. The fourth-order valence-corrected chi connectivity index (χ4v) is 2.68. The number of nitrogens with one attached hydrogen (secondary N) is 1. The topological polar surface area (TPSA) is 90.8 Å². The summed E-state index contributed by atoms with van der Waals surface area (Å²) in [7, 11) is 1.90. The predicted octanol–water partition coefficient (Wildman–Crippen LogP) is 2.76. The summed E-state index contributed by atoms with van der Waals surface area (Å²) >= 11 is 0. The molecule has 0 fully saturated rings. The lowest BCUT2D eigenvalue weighted by molar-refractivity contribution is 0.480. The number of phenols is 1. The molecule has 0 unspecified atom stereocenters. The quantitative estimate of drug-likeness (QED) is 0.597. The van der Waals surface area contributed by atoms with Gasteiger partial charge in [0.1, 0.15) is 16.8 Å². The van der Waals surface area contributed by atoms with E-state index in [1.807, 2.05) is 48.3 Å². The van der Waals surface area contributed by atoms with E-state index in [2.05, 4.69) is 25.4 Å². The summed E-state index contributed by atoms with van der Waals surface area (Å²) in [4.78, 5) is 6.37. The Morgan fingerprint density at radius 1 is 1.08 bits per heavy atom. The second kappa shape index (κ2) is 6.20. The van der Waals surface area contributed by atoms with Gasteiger partial charge in [0.25, 0.3) is 0 Å². The summed E-state index contributed by atoms with van der Waals surface area (Å²) < 4.78 is 0. The zero-order valence-corrected chi connectivity index (χ0v) is 13.6. The van der Waals surface area contributed by atoms with Gasteiger partial charge in [-0.05, 0) is 23.3 Å². The molecule has 25 heavy (non-hydrogen) atoms. The van der Waals surface area contributed by atoms with Crippen molar-refractivity contribution in [1.29, 1.82) is 0 Å². The van der Waals surface area contributed by atoms with Crippen LogP contribution in [0.2, 0.25) is 0 Å². The first-order valence-corrected chi connectivity index (χ1v) is 7.82. The van der Waals surface area contributed by atoms with E-state index in [1.165, 1.54) is 0 Å². The van der Waals surface area contributed by atoms with Gasteiger partial charge in [0.2, 0.25) is 5.95 Å².